The summed E-state index contributed by atoms with van der Waals surface area (Å²) in [4.78, 5) is 12.2. The molecule has 1 saturated heterocycles. The Morgan fingerprint density at radius 2 is 2.33 bits per heavy atom. The van der Waals surface area contributed by atoms with Gasteiger partial charge in [-0.25, -0.2) is 9.18 Å². The van der Waals surface area contributed by atoms with E-state index in [4.69, 9.17) is 9.47 Å². The third-order valence-electron chi connectivity index (χ3n) is 4.05. The van der Waals surface area contributed by atoms with Crippen LogP contribution in [-0.2, 0) is 19.8 Å². The van der Waals surface area contributed by atoms with E-state index in [1.54, 1.807) is 26.0 Å². The molecule has 0 radical (unpaired) electrons. The van der Waals surface area contributed by atoms with Gasteiger partial charge < -0.3 is 9.47 Å². The molecule has 1 aromatic rings. The number of rotatable bonds is 5. The fraction of sp³-hybridized carbons (Fsp3) is 0.562. The number of benzene rings is 1. The van der Waals surface area contributed by atoms with Crippen LogP contribution in [0, 0.1) is 12.7 Å². The lowest BCUT2D eigenvalue weighted by atomic mass is 9.90. The predicted octanol–water partition coefficient (Wildman–Crippen LogP) is 2.29. The molecule has 5 heteroatoms. The maximum absolute atomic E-state index is 13.8. The lowest BCUT2D eigenvalue weighted by Gasteiger charge is -2.30. The molecular weight excluding hydrogens is 273 g/mol. The maximum Gasteiger partial charge on any atom is 0.330 e. The largest absolute Gasteiger partial charge is 0.467 e. The first-order valence-corrected chi connectivity index (χ1v) is 7.19. The lowest BCUT2D eigenvalue weighted by Crippen LogP contribution is -2.50. The molecule has 1 N–H and O–H groups in total. The number of carbonyl (C=O) groups is 1. The Kier molecular flexibility index (Phi) is 4.96. The number of hydrogen-bond donors (Lipinski definition) is 1. The number of nitrogens with one attached hydrogen (secondary N) is 1. The van der Waals surface area contributed by atoms with Crippen molar-refractivity contribution in [1.29, 1.82) is 0 Å². The molecule has 4 nitrogen and oxygen atoms in total. The van der Waals surface area contributed by atoms with Crippen molar-refractivity contribution in [3.63, 3.8) is 0 Å². The zero-order chi connectivity index (χ0) is 15.5. The van der Waals surface area contributed by atoms with Crippen LogP contribution in [0.1, 0.15) is 30.9 Å². The minimum Gasteiger partial charge on any atom is -0.467 e. The highest BCUT2D eigenvalue weighted by atomic mass is 19.1. The Labute approximate surface area is 124 Å². The summed E-state index contributed by atoms with van der Waals surface area (Å²) < 4.78 is 24.3. The van der Waals surface area contributed by atoms with Crippen molar-refractivity contribution in [3.05, 3.63) is 35.1 Å². The standard InChI is InChI=1S/C16H22FNO3/c1-11-6-7-12(9-14(11)17)16(2,15(19)20-3)18-10-13-5-4-8-21-13/h6-7,9,13,18H,4-5,8,10H2,1-3H3. The highest BCUT2D eigenvalue weighted by molar-refractivity contribution is 5.82. The van der Waals surface area contributed by atoms with Crippen LogP contribution in [0.2, 0.25) is 0 Å². The molecular formula is C16H22FNO3. The maximum atomic E-state index is 13.8. The van der Waals surface area contributed by atoms with Gasteiger partial charge in [0.1, 0.15) is 11.4 Å². The second-order valence-electron chi connectivity index (χ2n) is 5.60. The van der Waals surface area contributed by atoms with Gasteiger partial charge in [-0.3, -0.25) is 5.32 Å². The summed E-state index contributed by atoms with van der Waals surface area (Å²) in [7, 11) is 1.33. The molecule has 1 aliphatic heterocycles. The van der Waals surface area contributed by atoms with Gasteiger partial charge in [0.25, 0.3) is 0 Å². The number of esters is 1. The first-order chi connectivity index (χ1) is 9.97. The first kappa shape index (κ1) is 15.9. The van der Waals surface area contributed by atoms with Crippen LogP contribution in [-0.4, -0.2) is 32.3 Å². The molecule has 0 amide bonds. The zero-order valence-corrected chi connectivity index (χ0v) is 12.7. The summed E-state index contributed by atoms with van der Waals surface area (Å²) in [5.74, 6) is -0.773. The Hall–Kier alpha value is -1.46. The second-order valence-corrected chi connectivity index (χ2v) is 5.60. The summed E-state index contributed by atoms with van der Waals surface area (Å²) in [6.07, 6.45) is 2.08. The van der Waals surface area contributed by atoms with Gasteiger partial charge in [-0.05, 0) is 43.9 Å². The van der Waals surface area contributed by atoms with Crippen molar-refractivity contribution in [2.24, 2.45) is 0 Å². The van der Waals surface area contributed by atoms with Gasteiger partial charge in [-0.1, -0.05) is 12.1 Å². The summed E-state index contributed by atoms with van der Waals surface area (Å²) in [6.45, 7) is 4.67. The SMILES string of the molecule is COC(=O)C(C)(NCC1CCCO1)c1ccc(C)c(F)c1. The van der Waals surface area contributed by atoms with E-state index in [9.17, 15) is 9.18 Å². The van der Waals surface area contributed by atoms with Crippen LogP contribution in [0.3, 0.4) is 0 Å². The fourth-order valence-corrected chi connectivity index (χ4v) is 2.52. The summed E-state index contributed by atoms with van der Waals surface area (Å²) in [6, 6.07) is 4.80. The van der Waals surface area contributed by atoms with Crippen LogP contribution in [0.25, 0.3) is 0 Å². The van der Waals surface area contributed by atoms with Crippen LogP contribution in [0.4, 0.5) is 4.39 Å². The molecule has 1 aromatic carbocycles. The summed E-state index contributed by atoms with van der Waals surface area (Å²) in [5.41, 5.74) is 0.00967. The van der Waals surface area contributed by atoms with Crippen molar-refractivity contribution in [2.45, 2.75) is 38.3 Å². The fourth-order valence-electron chi connectivity index (χ4n) is 2.52. The molecule has 1 aliphatic rings. The number of methoxy groups -OCH3 is 1. The molecule has 21 heavy (non-hydrogen) atoms. The monoisotopic (exact) mass is 295 g/mol. The molecule has 0 spiro atoms. The third kappa shape index (κ3) is 3.41. The lowest BCUT2D eigenvalue weighted by molar-refractivity contribution is -0.148. The minimum absolute atomic E-state index is 0.0873. The molecule has 2 atom stereocenters. The second kappa shape index (κ2) is 6.54. The first-order valence-electron chi connectivity index (χ1n) is 7.19. The molecule has 2 unspecified atom stereocenters. The number of carbonyl (C=O) groups excluding carboxylic acids is 1. The average Bonchev–Trinajstić information content (AvgIpc) is 3.00. The normalized spacial score (nSPS) is 21.0. The van der Waals surface area contributed by atoms with Crippen molar-refractivity contribution in [2.75, 3.05) is 20.3 Å². The highest BCUT2D eigenvalue weighted by Gasteiger charge is 2.37. The molecule has 1 fully saturated rings. The Bertz CT molecular complexity index is 514. The Morgan fingerprint density at radius 3 is 2.90 bits per heavy atom. The van der Waals surface area contributed by atoms with E-state index in [2.05, 4.69) is 5.32 Å². The Balaban J connectivity index is 2.22. The summed E-state index contributed by atoms with van der Waals surface area (Å²) >= 11 is 0. The zero-order valence-electron chi connectivity index (χ0n) is 12.7. The smallest absolute Gasteiger partial charge is 0.330 e. The van der Waals surface area contributed by atoms with Crippen molar-refractivity contribution in [1.82, 2.24) is 5.32 Å². The van der Waals surface area contributed by atoms with E-state index in [0.29, 0.717) is 17.7 Å². The number of aryl methyl sites for hydroxylation is 1. The molecule has 0 aliphatic carbocycles. The van der Waals surface area contributed by atoms with E-state index in [-0.39, 0.29) is 11.9 Å². The van der Waals surface area contributed by atoms with E-state index in [0.717, 1.165) is 19.4 Å². The average molecular weight is 295 g/mol. The quantitative estimate of drug-likeness (QED) is 0.847. The summed E-state index contributed by atoms with van der Waals surface area (Å²) in [5, 5.41) is 3.19. The van der Waals surface area contributed by atoms with Gasteiger partial charge in [-0.2, -0.15) is 0 Å². The van der Waals surface area contributed by atoms with Crippen LogP contribution in [0.5, 0.6) is 0 Å². The van der Waals surface area contributed by atoms with E-state index < -0.39 is 11.5 Å². The molecule has 0 aromatic heterocycles. The van der Waals surface area contributed by atoms with Crippen LogP contribution >= 0.6 is 0 Å². The molecule has 2 rings (SSSR count). The van der Waals surface area contributed by atoms with E-state index in [1.807, 2.05) is 0 Å². The molecule has 116 valence electrons. The highest BCUT2D eigenvalue weighted by Crippen LogP contribution is 2.25. The molecule has 1 heterocycles. The van der Waals surface area contributed by atoms with E-state index in [1.165, 1.54) is 13.2 Å². The van der Waals surface area contributed by atoms with Crippen LogP contribution < -0.4 is 5.32 Å². The third-order valence-corrected chi connectivity index (χ3v) is 4.05. The number of halogens is 1. The molecule has 0 saturated carbocycles. The van der Waals surface area contributed by atoms with Gasteiger partial charge in [0, 0.05) is 13.2 Å². The minimum atomic E-state index is -1.09. The van der Waals surface area contributed by atoms with Gasteiger partial charge in [0.2, 0.25) is 0 Å². The van der Waals surface area contributed by atoms with Crippen LogP contribution in [0.15, 0.2) is 18.2 Å². The van der Waals surface area contributed by atoms with Crippen molar-refractivity contribution in [3.8, 4) is 0 Å². The number of ether oxygens (including phenoxy) is 2. The van der Waals surface area contributed by atoms with Crippen molar-refractivity contribution < 1.29 is 18.7 Å². The topological polar surface area (TPSA) is 47.6 Å². The number of hydrogen-bond acceptors (Lipinski definition) is 4. The van der Waals surface area contributed by atoms with Gasteiger partial charge in [0.05, 0.1) is 13.2 Å². The predicted molar refractivity (Wildman–Crippen MR) is 77.5 cm³/mol. The van der Waals surface area contributed by atoms with Gasteiger partial charge >= 0.3 is 5.97 Å². The van der Waals surface area contributed by atoms with Gasteiger partial charge in [-0.15, -0.1) is 0 Å². The Morgan fingerprint density at radius 1 is 1.57 bits per heavy atom. The van der Waals surface area contributed by atoms with E-state index >= 15 is 0 Å². The van der Waals surface area contributed by atoms with Crippen molar-refractivity contribution >= 4 is 5.97 Å². The molecule has 0 bridgehead atoms. The van der Waals surface area contributed by atoms with Gasteiger partial charge in [0.15, 0.2) is 0 Å².